The maximum atomic E-state index is 11.3. The van der Waals surface area contributed by atoms with E-state index >= 15 is 0 Å². The Hall–Kier alpha value is -2.17. The molecular formula is C20H28BrN5O3Si. The third kappa shape index (κ3) is 6.16. The lowest BCUT2D eigenvalue weighted by molar-refractivity contribution is 0.0791. The van der Waals surface area contributed by atoms with Crippen molar-refractivity contribution in [3.63, 3.8) is 0 Å². The molecule has 162 valence electrons. The van der Waals surface area contributed by atoms with Crippen LogP contribution in [0.5, 0.6) is 0 Å². The highest BCUT2D eigenvalue weighted by Gasteiger charge is 2.19. The summed E-state index contributed by atoms with van der Waals surface area (Å²) in [6.45, 7) is 10.2. The number of hydrogen-bond acceptors (Lipinski definition) is 4. The van der Waals surface area contributed by atoms with Gasteiger partial charge in [-0.05, 0) is 46.1 Å². The van der Waals surface area contributed by atoms with Gasteiger partial charge in [0, 0.05) is 32.7 Å². The van der Waals surface area contributed by atoms with Gasteiger partial charge in [0.15, 0.2) is 0 Å². The maximum absolute atomic E-state index is 11.3. The number of aryl methyl sites for hydroxylation is 1. The first-order valence-electron chi connectivity index (χ1n) is 9.85. The van der Waals surface area contributed by atoms with Gasteiger partial charge in [0.05, 0.1) is 17.8 Å². The highest BCUT2D eigenvalue weighted by Crippen LogP contribution is 2.24. The number of hydrogen-bond donors (Lipinski definition) is 3. The number of H-pyrrole nitrogens is 1. The second kappa shape index (κ2) is 9.32. The van der Waals surface area contributed by atoms with Crippen molar-refractivity contribution in [1.29, 1.82) is 0 Å². The molecule has 0 bridgehead atoms. The average molecular weight is 494 g/mol. The Morgan fingerprint density at radius 2 is 2.17 bits per heavy atom. The standard InChI is InChI=1S/C20H28BrN5O3Si/c1-13-7-14(9-16(23-20(27)28)19-22-10-17(21)24-19)8-15-11-26(25-18(13)15)12-29-5-6-30(2,3)4/h7-8,10-11,16,23H,5-6,9,12H2,1-4H3,(H,22,24)(H,27,28). The van der Waals surface area contributed by atoms with Crippen LogP contribution in [-0.4, -0.2) is 45.6 Å². The molecular weight excluding hydrogens is 466 g/mol. The molecule has 0 saturated carbocycles. The number of fused-ring (bicyclic) bond motifs is 1. The maximum Gasteiger partial charge on any atom is 0.405 e. The molecule has 3 aromatic rings. The number of benzene rings is 1. The average Bonchev–Trinajstić information content (AvgIpc) is 3.23. The second-order valence-corrected chi connectivity index (χ2v) is 15.2. The van der Waals surface area contributed by atoms with Crippen molar-refractivity contribution in [2.45, 2.75) is 51.8 Å². The molecule has 10 heteroatoms. The zero-order valence-electron chi connectivity index (χ0n) is 17.7. The summed E-state index contributed by atoms with van der Waals surface area (Å²) in [5.41, 5.74) is 2.97. The minimum atomic E-state index is -1.11. The van der Waals surface area contributed by atoms with Gasteiger partial charge in [-0.15, -0.1) is 0 Å². The van der Waals surface area contributed by atoms with Crippen LogP contribution < -0.4 is 5.32 Å². The van der Waals surface area contributed by atoms with Crippen LogP contribution in [0.2, 0.25) is 25.7 Å². The number of halogens is 1. The molecule has 30 heavy (non-hydrogen) atoms. The topological polar surface area (TPSA) is 105 Å². The number of nitrogens with zero attached hydrogens (tertiary/aromatic N) is 3. The van der Waals surface area contributed by atoms with Gasteiger partial charge in [0.2, 0.25) is 0 Å². The van der Waals surface area contributed by atoms with Gasteiger partial charge in [0.1, 0.15) is 17.2 Å². The van der Waals surface area contributed by atoms with Crippen molar-refractivity contribution >= 4 is 41.0 Å². The lowest BCUT2D eigenvalue weighted by Gasteiger charge is -2.15. The molecule has 1 amide bonds. The molecule has 0 saturated heterocycles. The van der Waals surface area contributed by atoms with Gasteiger partial charge in [-0.2, -0.15) is 5.10 Å². The summed E-state index contributed by atoms with van der Waals surface area (Å²) in [5.74, 6) is 0.563. The van der Waals surface area contributed by atoms with E-state index in [2.05, 4.69) is 56.0 Å². The van der Waals surface area contributed by atoms with E-state index in [9.17, 15) is 9.90 Å². The molecule has 3 rings (SSSR count). The molecule has 2 aromatic heterocycles. The third-order valence-corrected chi connectivity index (χ3v) is 6.87. The Morgan fingerprint density at radius 3 is 2.80 bits per heavy atom. The first kappa shape index (κ1) is 22.5. The molecule has 0 fully saturated rings. The second-order valence-electron chi connectivity index (χ2n) is 8.69. The Kier molecular flexibility index (Phi) is 6.99. The van der Waals surface area contributed by atoms with Crippen LogP contribution in [0.25, 0.3) is 10.9 Å². The number of carbonyl (C=O) groups is 1. The van der Waals surface area contributed by atoms with Gasteiger partial charge >= 0.3 is 6.09 Å². The first-order chi connectivity index (χ1) is 14.1. The molecule has 0 aliphatic heterocycles. The molecule has 0 aliphatic rings. The number of imidazole rings is 1. The van der Waals surface area contributed by atoms with E-state index in [0.717, 1.165) is 34.7 Å². The van der Waals surface area contributed by atoms with Crippen molar-refractivity contribution in [3.05, 3.63) is 46.1 Å². The number of aromatic nitrogens is 4. The number of carboxylic acid groups (broad SMARTS) is 1. The van der Waals surface area contributed by atoms with Gasteiger partial charge < -0.3 is 20.1 Å². The summed E-state index contributed by atoms with van der Waals surface area (Å²) in [6.07, 6.45) is 2.98. The normalized spacial score (nSPS) is 13.0. The molecule has 1 atom stereocenters. The van der Waals surface area contributed by atoms with Crippen molar-refractivity contribution in [1.82, 2.24) is 25.1 Å². The van der Waals surface area contributed by atoms with E-state index < -0.39 is 20.2 Å². The highest BCUT2D eigenvalue weighted by atomic mass is 79.9. The van der Waals surface area contributed by atoms with Crippen molar-refractivity contribution in [2.75, 3.05) is 6.61 Å². The van der Waals surface area contributed by atoms with Crippen LogP contribution >= 0.6 is 15.9 Å². The van der Waals surface area contributed by atoms with E-state index in [4.69, 9.17) is 4.74 Å². The monoisotopic (exact) mass is 493 g/mol. The predicted octanol–water partition coefficient (Wildman–Crippen LogP) is 4.69. The van der Waals surface area contributed by atoms with Crippen LogP contribution in [0, 0.1) is 6.92 Å². The SMILES string of the molecule is Cc1cc(CC(NC(=O)O)c2ncc(Br)[nH]2)cc2cn(COCC[Si](C)(C)C)nc12. The molecule has 1 unspecified atom stereocenters. The van der Waals surface area contributed by atoms with Crippen LogP contribution in [0.1, 0.15) is 23.0 Å². The molecule has 0 radical (unpaired) electrons. The van der Waals surface area contributed by atoms with Crippen LogP contribution in [0.15, 0.2) is 29.1 Å². The molecule has 1 aromatic carbocycles. The van der Waals surface area contributed by atoms with E-state index in [-0.39, 0.29) is 0 Å². The van der Waals surface area contributed by atoms with Gasteiger partial charge in [0.25, 0.3) is 0 Å². The molecule has 8 nitrogen and oxygen atoms in total. The smallest absolute Gasteiger partial charge is 0.405 e. The number of nitrogens with one attached hydrogen (secondary N) is 2. The highest BCUT2D eigenvalue weighted by molar-refractivity contribution is 9.10. The van der Waals surface area contributed by atoms with E-state index in [0.29, 0.717) is 23.6 Å². The lowest BCUT2D eigenvalue weighted by atomic mass is 10.0. The Bertz CT molecular complexity index is 1030. The Labute approximate surface area is 185 Å². The number of ether oxygens (including phenoxy) is 1. The van der Waals surface area contributed by atoms with Crippen molar-refractivity contribution in [2.24, 2.45) is 0 Å². The van der Waals surface area contributed by atoms with Crippen molar-refractivity contribution < 1.29 is 14.6 Å². The predicted molar refractivity (Wildman–Crippen MR) is 122 cm³/mol. The van der Waals surface area contributed by atoms with Gasteiger partial charge in [-0.1, -0.05) is 25.7 Å². The number of rotatable bonds is 9. The Balaban J connectivity index is 1.75. The summed E-state index contributed by atoms with van der Waals surface area (Å²) >= 11 is 3.32. The fourth-order valence-corrected chi connectivity index (χ4v) is 4.31. The summed E-state index contributed by atoms with van der Waals surface area (Å²) in [6, 6.07) is 4.73. The van der Waals surface area contributed by atoms with E-state index in [1.54, 1.807) is 6.20 Å². The first-order valence-corrected chi connectivity index (χ1v) is 14.3. The number of amides is 1. The molecule has 0 spiro atoms. The molecule has 0 aliphatic carbocycles. The number of aromatic amines is 1. The fraction of sp³-hybridized carbons (Fsp3) is 0.450. The van der Waals surface area contributed by atoms with E-state index in [1.165, 1.54) is 0 Å². The lowest BCUT2D eigenvalue weighted by Crippen LogP contribution is -2.29. The Morgan fingerprint density at radius 1 is 1.40 bits per heavy atom. The molecule has 3 N–H and O–H groups in total. The van der Waals surface area contributed by atoms with Crippen LogP contribution in [0.4, 0.5) is 4.79 Å². The quantitative estimate of drug-likeness (QED) is 0.296. The summed E-state index contributed by atoms with van der Waals surface area (Å²) in [5, 5.41) is 17.4. The van der Waals surface area contributed by atoms with Gasteiger partial charge in [-0.25, -0.2) is 14.5 Å². The van der Waals surface area contributed by atoms with E-state index in [1.807, 2.05) is 29.9 Å². The summed E-state index contributed by atoms with van der Waals surface area (Å²) in [4.78, 5) is 18.6. The fourth-order valence-electron chi connectivity index (χ4n) is 3.25. The minimum absolute atomic E-state index is 0.428. The van der Waals surface area contributed by atoms with Crippen LogP contribution in [0.3, 0.4) is 0 Å². The molecule has 2 heterocycles. The third-order valence-electron chi connectivity index (χ3n) is 4.76. The zero-order valence-corrected chi connectivity index (χ0v) is 20.3. The van der Waals surface area contributed by atoms with Crippen molar-refractivity contribution in [3.8, 4) is 0 Å². The summed E-state index contributed by atoms with van der Waals surface area (Å²) in [7, 11) is -1.11. The van der Waals surface area contributed by atoms with Gasteiger partial charge in [-0.3, -0.25) is 0 Å². The van der Waals surface area contributed by atoms with Crippen LogP contribution in [-0.2, 0) is 17.9 Å². The largest absolute Gasteiger partial charge is 0.465 e. The zero-order chi connectivity index (χ0) is 21.9. The summed E-state index contributed by atoms with van der Waals surface area (Å²) < 4.78 is 8.33. The minimum Gasteiger partial charge on any atom is -0.465 e.